The van der Waals surface area contributed by atoms with Gasteiger partial charge in [-0.15, -0.1) is 0 Å². The Morgan fingerprint density at radius 2 is 2.12 bits per heavy atom. The smallest absolute Gasteiger partial charge is 0.269 e. The van der Waals surface area contributed by atoms with Crippen LogP contribution in [0.2, 0.25) is 0 Å². The Bertz CT molecular complexity index is 688. The largest absolute Gasteiger partial charge is 0.381 e. The molecule has 24 heavy (non-hydrogen) atoms. The number of non-ortho nitro benzene ring substituents is 1. The van der Waals surface area contributed by atoms with Crippen molar-refractivity contribution in [2.45, 2.75) is 19.6 Å². The van der Waals surface area contributed by atoms with Crippen LogP contribution in [0.5, 0.6) is 0 Å². The summed E-state index contributed by atoms with van der Waals surface area (Å²) in [6.07, 6.45) is 2.08. The average molecular weight is 328 g/mol. The summed E-state index contributed by atoms with van der Waals surface area (Å²) in [5.41, 5.74) is 1.98. The van der Waals surface area contributed by atoms with Crippen LogP contribution in [0.4, 0.5) is 17.2 Å². The normalized spacial score (nSPS) is 17.5. The molecule has 0 amide bonds. The third-order valence-corrected chi connectivity index (χ3v) is 3.95. The lowest BCUT2D eigenvalue weighted by Crippen LogP contribution is -2.41. The van der Waals surface area contributed by atoms with Gasteiger partial charge in [-0.05, 0) is 30.7 Å². The quantitative estimate of drug-likeness (QED) is 0.671. The molecule has 1 aromatic carbocycles. The molecule has 7 nitrogen and oxygen atoms in total. The molecule has 1 fully saturated rings. The van der Waals surface area contributed by atoms with Crippen LogP contribution in [-0.2, 0) is 11.3 Å². The van der Waals surface area contributed by atoms with Crippen LogP contribution in [0.25, 0.3) is 0 Å². The van der Waals surface area contributed by atoms with Gasteiger partial charge in [-0.3, -0.25) is 10.1 Å². The summed E-state index contributed by atoms with van der Waals surface area (Å²) in [4.78, 5) is 17.0. The van der Waals surface area contributed by atoms with Crippen molar-refractivity contribution in [1.82, 2.24) is 4.98 Å². The molecule has 3 rings (SSSR count). The van der Waals surface area contributed by atoms with E-state index in [1.165, 1.54) is 12.1 Å². The first-order valence-electron chi connectivity index (χ1n) is 7.91. The summed E-state index contributed by atoms with van der Waals surface area (Å²) in [7, 11) is 0. The molecule has 0 radical (unpaired) electrons. The molecule has 1 unspecified atom stereocenters. The van der Waals surface area contributed by atoms with E-state index in [1.54, 1.807) is 12.1 Å². The second-order valence-corrected chi connectivity index (χ2v) is 5.81. The highest BCUT2D eigenvalue weighted by Crippen LogP contribution is 2.18. The maximum Gasteiger partial charge on any atom is 0.269 e. The number of nitrogens with one attached hydrogen (secondary N) is 1. The van der Waals surface area contributed by atoms with E-state index in [0.29, 0.717) is 6.54 Å². The number of nitrogens with zero attached hydrogens (tertiary/aromatic N) is 3. The number of aromatic nitrogens is 1. The van der Waals surface area contributed by atoms with E-state index >= 15 is 0 Å². The van der Waals surface area contributed by atoms with Gasteiger partial charge in [0.15, 0.2) is 0 Å². The molecule has 1 aromatic heterocycles. The lowest BCUT2D eigenvalue weighted by molar-refractivity contribution is -0.384. The van der Waals surface area contributed by atoms with Crippen molar-refractivity contribution in [2.75, 3.05) is 29.9 Å². The number of morpholine rings is 1. The highest BCUT2D eigenvalue weighted by molar-refractivity contribution is 5.49. The van der Waals surface area contributed by atoms with E-state index < -0.39 is 4.92 Å². The molecule has 7 heteroatoms. The molecule has 1 aliphatic rings. The molecule has 1 aliphatic heterocycles. The van der Waals surface area contributed by atoms with Crippen LogP contribution in [0.15, 0.2) is 42.6 Å². The van der Waals surface area contributed by atoms with Gasteiger partial charge < -0.3 is 15.0 Å². The Morgan fingerprint density at radius 3 is 2.75 bits per heavy atom. The molecule has 0 saturated carbocycles. The fourth-order valence-electron chi connectivity index (χ4n) is 2.64. The Balaban J connectivity index is 1.57. The van der Waals surface area contributed by atoms with Gasteiger partial charge in [-0.25, -0.2) is 4.98 Å². The van der Waals surface area contributed by atoms with Gasteiger partial charge in [0.1, 0.15) is 5.82 Å². The molecular weight excluding hydrogens is 308 g/mol. The highest BCUT2D eigenvalue weighted by atomic mass is 16.6. The summed E-state index contributed by atoms with van der Waals surface area (Å²) in [6, 6.07) is 10.4. The van der Waals surface area contributed by atoms with Crippen molar-refractivity contribution in [1.29, 1.82) is 0 Å². The van der Waals surface area contributed by atoms with Gasteiger partial charge in [0.25, 0.3) is 5.69 Å². The minimum atomic E-state index is -0.404. The first-order valence-corrected chi connectivity index (χ1v) is 7.91. The zero-order valence-electron chi connectivity index (χ0n) is 13.5. The minimum absolute atomic E-state index is 0.0892. The number of nitro groups is 1. The summed E-state index contributed by atoms with van der Waals surface area (Å²) in [5.74, 6) is 0.962. The predicted molar refractivity (Wildman–Crippen MR) is 92.3 cm³/mol. The van der Waals surface area contributed by atoms with Crippen LogP contribution in [-0.4, -0.2) is 35.7 Å². The van der Waals surface area contributed by atoms with Crippen LogP contribution >= 0.6 is 0 Å². The maximum atomic E-state index is 10.6. The summed E-state index contributed by atoms with van der Waals surface area (Å²) >= 11 is 0. The zero-order chi connectivity index (χ0) is 16.9. The number of anilines is 2. The Morgan fingerprint density at radius 1 is 1.33 bits per heavy atom. The summed E-state index contributed by atoms with van der Waals surface area (Å²) in [6.45, 7) is 5.12. The maximum absolute atomic E-state index is 10.6. The number of pyridine rings is 1. The van der Waals surface area contributed by atoms with Crippen molar-refractivity contribution >= 4 is 17.2 Å². The second kappa shape index (κ2) is 7.27. The SMILES string of the molecule is CC1CN(c2ccc(CNc3ccc([N+](=O)[O-])cc3)cn2)CCO1. The number of hydrogen-bond donors (Lipinski definition) is 1. The topological polar surface area (TPSA) is 80.5 Å². The Labute approximate surface area is 140 Å². The van der Waals surface area contributed by atoms with E-state index in [0.717, 1.165) is 36.8 Å². The first kappa shape index (κ1) is 16.2. The van der Waals surface area contributed by atoms with Crippen LogP contribution in [0, 0.1) is 10.1 Å². The average Bonchev–Trinajstić information content (AvgIpc) is 2.61. The molecular formula is C17H20N4O3. The fraction of sp³-hybridized carbons (Fsp3) is 0.353. The molecule has 1 atom stereocenters. The molecule has 126 valence electrons. The molecule has 0 spiro atoms. The van der Waals surface area contributed by atoms with E-state index in [9.17, 15) is 10.1 Å². The van der Waals surface area contributed by atoms with Gasteiger partial charge >= 0.3 is 0 Å². The first-order chi connectivity index (χ1) is 11.6. The molecule has 2 heterocycles. The van der Waals surface area contributed by atoms with Crippen molar-refractivity contribution in [3.05, 3.63) is 58.3 Å². The molecule has 1 N–H and O–H groups in total. The van der Waals surface area contributed by atoms with Crippen LogP contribution < -0.4 is 10.2 Å². The number of ether oxygens (including phenoxy) is 1. The van der Waals surface area contributed by atoms with Crippen LogP contribution in [0.1, 0.15) is 12.5 Å². The predicted octanol–water partition coefficient (Wildman–Crippen LogP) is 2.83. The van der Waals surface area contributed by atoms with Crippen molar-refractivity contribution in [2.24, 2.45) is 0 Å². The monoisotopic (exact) mass is 328 g/mol. The second-order valence-electron chi connectivity index (χ2n) is 5.81. The van der Waals surface area contributed by atoms with Crippen molar-refractivity contribution in [3.8, 4) is 0 Å². The minimum Gasteiger partial charge on any atom is -0.381 e. The number of rotatable bonds is 5. The highest BCUT2D eigenvalue weighted by Gasteiger charge is 2.17. The van der Waals surface area contributed by atoms with Crippen molar-refractivity contribution < 1.29 is 9.66 Å². The van der Waals surface area contributed by atoms with Gasteiger partial charge in [-0.2, -0.15) is 0 Å². The third-order valence-electron chi connectivity index (χ3n) is 3.95. The van der Waals surface area contributed by atoms with E-state index in [1.807, 2.05) is 18.3 Å². The Hall–Kier alpha value is -2.67. The molecule has 0 aliphatic carbocycles. The van der Waals surface area contributed by atoms with Gasteiger partial charge in [0.05, 0.1) is 17.6 Å². The fourth-order valence-corrected chi connectivity index (χ4v) is 2.64. The zero-order valence-corrected chi connectivity index (χ0v) is 13.5. The van der Waals surface area contributed by atoms with Gasteiger partial charge in [0.2, 0.25) is 0 Å². The number of hydrogen-bond acceptors (Lipinski definition) is 6. The van der Waals surface area contributed by atoms with E-state index in [2.05, 4.69) is 22.1 Å². The summed E-state index contributed by atoms with van der Waals surface area (Å²) in [5, 5.41) is 13.9. The molecule has 0 bridgehead atoms. The van der Waals surface area contributed by atoms with E-state index in [4.69, 9.17) is 4.74 Å². The standard InChI is InChI=1S/C17H20N4O3/c1-13-12-20(8-9-24-13)17-7-2-14(11-19-17)10-18-15-3-5-16(6-4-15)21(22)23/h2-7,11,13,18H,8-10,12H2,1H3. The summed E-state index contributed by atoms with van der Waals surface area (Å²) < 4.78 is 5.54. The lowest BCUT2D eigenvalue weighted by Gasteiger charge is -2.32. The number of nitro benzene ring substituents is 1. The molecule has 1 saturated heterocycles. The van der Waals surface area contributed by atoms with Crippen molar-refractivity contribution in [3.63, 3.8) is 0 Å². The van der Waals surface area contributed by atoms with Crippen LogP contribution in [0.3, 0.4) is 0 Å². The Kier molecular flexibility index (Phi) is 4.90. The van der Waals surface area contributed by atoms with Gasteiger partial charge in [-0.1, -0.05) is 6.07 Å². The van der Waals surface area contributed by atoms with Gasteiger partial charge in [0, 0.05) is 43.7 Å². The lowest BCUT2D eigenvalue weighted by atomic mass is 10.2. The number of benzene rings is 1. The molecule has 2 aromatic rings. The van der Waals surface area contributed by atoms with E-state index in [-0.39, 0.29) is 11.8 Å². The third kappa shape index (κ3) is 3.99.